The average Bonchev–Trinajstić information content (AvgIpc) is 2.49. The number of carbonyl (C=O) groups excluding carboxylic acids is 1. The molecule has 0 spiro atoms. The Morgan fingerprint density at radius 3 is 2.60 bits per heavy atom. The molecule has 0 N–H and O–H groups in total. The lowest BCUT2D eigenvalue weighted by atomic mass is 10.1. The summed E-state index contributed by atoms with van der Waals surface area (Å²) in [7, 11) is 4.89. The fourth-order valence-corrected chi connectivity index (χ4v) is 1.82. The van der Waals surface area contributed by atoms with Crippen molar-refractivity contribution in [3.63, 3.8) is 0 Å². The number of rotatable bonds is 7. The van der Waals surface area contributed by atoms with Crippen molar-refractivity contribution in [2.45, 2.75) is 19.3 Å². The first-order valence-corrected chi connectivity index (χ1v) is 6.44. The number of hydrogen-bond donors (Lipinski definition) is 0. The molecule has 5 nitrogen and oxygen atoms in total. The van der Waals surface area contributed by atoms with Crippen molar-refractivity contribution >= 4 is 5.91 Å². The van der Waals surface area contributed by atoms with E-state index in [0.717, 1.165) is 5.56 Å². The van der Waals surface area contributed by atoms with Gasteiger partial charge in [-0.25, -0.2) is 0 Å². The van der Waals surface area contributed by atoms with Crippen LogP contribution in [0.4, 0.5) is 0 Å². The molecule has 1 aromatic carbocycles. The molecule has 0 aliphatic carbocycles. The van der Waals surface area contributed by atoms with Crippen LogP contribution in [-0.4, -0.2) is 38.6 Å². The zero-order valence-electron chi connectivity index (χ0n) is 12.2. The second-order valence-corrected chi connectivity index (χ2v) is 4.41. The van der Waals surface area contributed by atoms with Crippen molar-refractivity contribution < 1.29 is 14.3 Å². The van der Waals surface area contributed by atoms with Crippen LogP contribution in [0.3, 0.4) is 0 Å². The monoisotopic (exact) mass is 276 g/mol. The Kier molecular flexibility index (Phi) is 6.38. The number of aryl methyl sites for hydroxylation is 1. The number of benzene rings is 1. The van der Waals surface area contributed by atoms with E-state index in [9.17, 15) is 4.79 Å². The van der Waals surface area contributed by atoms with Gasteiger partial charge in [0.05, 0.1) is 26.7 Å². The highest BCUT2D eigenvalue weighted by Crippen LogP contribution is 2.27. The third kappa shape index (κ3) is 4.47. The Bertz CT molecular complexity index is 494. The fourth-order valence-electron chi connectivity index (χ4n) is 1.82. The van der Waals surface area contributed by atoms with Crippen molar-refractivity contribution in [2.75, 3.05) is 27.8 Å². The summed E-state index contributed by atoms with van der Waals surface area (Å²) in [5, 5.41) is 8.50. The van der Waals surface area contributed by atoms with E-state index in [2.05, 4.69) is 0 Å². The predicted molar refractivity (Wildman–Crippen MR) is 75.7 cm³/mol. The number of nitrogens with zero attached hydrogens (tertiary/aromatic N) is 2. The first-order chi connectivity index (χ1) is 9.62. The number of hydrogen-bond acceptors (Lipinski definition) is 4. The standard InChI is InChI=1S/C15H20N2O3/c1-17(10-4-9-16)15(18)8-6-12-5-7-13(19-2)14(11-12)20-3/h5,7,11H,4,6,8,10H2,1-3H3. The van der Waals surface area contributed by atoms with Crippen LogP contribution in [0.25, 0.3) is 0 Å². The molecule has 20 heavy (non-hydrogen) atoms. The predicted octanol–water partition coefficient (Wildman–Crippen LogP) is 2.01. The minimum atomic E-state index is 0.0371. The quantitative estimate of drug-likeness (QED) is 0.764. The van der Waals surface area contributed by atoms with Gasteiger partial charge in [-0.05, 0) is 24.1 Å². The molecule has 1 rings (SSSR count). The normalized spacial score (nSPS) is 9.70. The molecule has 0 fully saturated rings. The van der Waals surface area contributed by atoms with Gasteiger partial charge < -0.3 is 14.4 Å². The van der Waals surface area contributed by atoms with Gasteiger partial charge in [0.25, 0.3) is 0 Å². The lowest BCUT2D eigenvalue weighted by Gasteiger charge is -2.15. The van der Waals surface area contributed by atoms with Crippen LogP contribution in [0.15, 0.2) is 18.2 Å². The van der Waals surface area contributed by atoms with Gasteiger partial charge in [-0.3, -0.25) is 4.79 Å². The summed E-state index contributed by atoms with van der Waals surface area (Å²) in [5.41, 5.74) is 1.02. The summed E-state index contributed by atoms with van der Waals surface area (Å²) in [6, 6.07) is 7.66. The third-order valence-electron chi connectivity index (χ3n) is 3.06. The highest BCUT2D eigenvalue weighted by molar-refractivity contribution is 5.76. The second kappa shape index (κ2) is 8.05. The van der Waals surface area contributed by atoms with E-state index < -0.39 is 0 Å². The lowest BCUT2D eigenvalue weighted by Crippen LogP contribution is -2.27. The number of ether oxygens (including phenoxy) is 2. The zero-order valence-corrected chi connectivity index (χ0v) is 12.2. The first-order valence-electron chi connectivity index (χ1n) is 6.44. The zero-order chi connectivity index (χ0) is 15.0. The Labute approximate surface area is 119 Å². The van der Waals surface area contributed by atoms with Crippen molar-refractivity contribution in [2.24, 2.45) is 0 Å². The molecule has 0 atom stereocenters. The number of methoxy groups -OCH3 is 2. The molecular weight excluding hydrogens is 256 g/mol. The number of carbonyl (C=O) groups is 1. The molecule has 108 valence electrons. The Morgan fingerprint density at radius 1 is 1.30 bits per heavy atom. The Balaban J connectivity index is 2.57. The first kappa shape index (κ1) is 15.8. The van der Waals surface area contributed by atoms with Gasteiger partial charge in [0, 0.05) is 20.0 Å². The van der Waals surface area contributed by atoms with Gasteiger partial charge in [-0.15, -0.1) is 0 Å². The van der Waals surface area contributed by atoms with Gasteiger partial charge in [-0.2, -0.15) is 5.26 Å². The topological polar surface area (TPSA) is 62.6 Å². The Morgan fingerprint density at radius 2 is 2.00 bits per heavy atom. The summed E-state index contributed by atoms with van der Waals surface area (Å²) < 4.78 is 10.4. The summed E-state index contributed by atoms with van der Waals surface area (Å²) in [6.07, 6.45) is 1.41. The summed E-state index contributed by atoms with van der Waals surface area (Å²) >= 11 is 0. The van der Waals surface area contributed by atoms with E-state index in [-0.39, 0.29) is 5.91 Å². The van der Waals surface area contributed by atoms with Crippen LogP contribution < -0.4 is 9.47 Å². The molecular formula is C15H20N2O3. The molecule has 1 aromatic rings. The third-order valence-corrected chi connectivity index (χ3v) is 3.06. The van der Waals surface area contributed by atoms with E-state index in [4.69, 9.17) is 14.7 Å². The summed E-state index contributed by atoms with van der Waals surface area (Å²) in [5.74, 6) is 1.37. The minimum absolute atomic E-state index is 0.0371. The van der Waals surface area contributed by atoms with E-state index in [0.29, 0.717) is 37.3 Å². The van der Waals surface area contributed by atoms with Crippen molar-refractivity contribution in [3.05, 3.63) is 23.8 Å². The molecule has 0 aliphatic heterocycles. The van der Waals surface area contributed by atoms with Crippen LogP contribution in [0.1, 0.15) is 18.4 Å². The lowest BCUT2D eigenvalue weighted by molar-refractivity contribution is -0.129. The van der Waals surface area contributed by atoms with Crippen LogP contribution in [0.2, 0.25) is 0 Å². The maximum Gasteiger partial charge on any atom is 0.222 e. The molecule has 0 saturated heterocycles. The molecule has 1 amide bonds. The number of nitriles is 1. The molecule has 0 radical (unpaired) electrons. The Hall–Kier alpha value is -2.22. The average molecular weight is 276 g/mol. The van der Waals surface area contributed by atoms with Crippen molar-refractivity contribution in [1.82, 2.24) is 4.90 Å². The molecule has 0 heterocycles. The number of amides is 1. The van der Waals surface area contributed by atoms with Crippen molar-refractivity contribution in [1.29, 1.82) is 5.26 Å². The van der Waals surface area contributed by atoms with Crippen LogP contribution >= 0.6 is 0 Å². The van der Waals surface area contributed by atoms with Crippen molar-refractivity contribution in [3.8, 4) is 17.6 Å². The van der Waals surface area contributed by atoms with Gasteiger partial charge in [0.2, 0.25) is 5.91 Å². The van der Waals surface area contributed by atoms with Gasteiger partial charge in [-0.1, -0.05) is 6.07 Å². The highest BCUT2D eigenvalue weighted by atomic mass is 16.5. The smallest absolute Gasteiger partial charge is 0.222 e. The van der Waals surface area contributed by atoms with E-state index >= 15 is 0 Å². The SMILES string of the molecule is COc1ccc(CCC(=O)N(C)CCC#N)cc1OC. The van der Waals surface area contributed by atoms with E-state index in [1.807, 2.05) is 24.3 Å². The maximum absolute atomic E-state index is 11.9. The maximum atomic E-state index is 11.9. The second-order valence-electron chi connectivity index (χ2n) is 4.41. The van der Waals surface area contributed by atoms with Crippen LogP contribution in [-0.2, 0) is 11.2 Å². The van der Waals surface area contributed by atoms with Gasteiger partial charge in [0.15, 0.2) is 11.5 Å². The molecule has 0 aliphatic rings. The fraction of sp³-hybridized carbons (Fsp3) is 0.467. The van der Waals surface area contributed by atoms with Crippen LogP contribution in [0, 0.1) is 11.3 Å². The van der Waals surface area contributed by atoms with E-state index in [1.54, 1.807) is 26.2 Å². The summed E-state index contributed by atoms with van der Waals surface area (Å²) in [4.78, 5) is 13.4. The molecule has 5 heteroatoms. The largest absolute Gasteiger partial charge is 0.493 e. The molecule has 0 unspecified atom stereocenters. The van der Waals surface area contributed by atoms with Crippen LogP contribution in [0.5, 0.6) is 11.5 Å². The molecule has 0 aromatic heterocycles. The highest BCUT2D eigenvalue weighted by Gasteiger charge is 2.10. The van der Waals surface area contributed by atoms with Gasteiger partial charge >= 0.3 is 0 Å². The summed E-state index contributed by atoms with van der Waals surface area (Å²) in [6.45, 7) is 0.473. The molecule has 0 bridgehead atoms. The minimum Gasteiger partial charge on any atom is -0.493 e. The van der Waals surface area contributed by atoms with E-state index in [1.165, 1.54) is 0 Å². The molecule has 0 saturated carbocycles. The van der Waals surface area contributed by atoms with Gasteiger partial charge in [0.1, 0.15) is 0 Å².